The highest BCUT2D eigenvalue weighted by Gasteiger charge is 2.33. The number of likely N-dealkylation sites (tertiary alicyclic amines) is 4. The normalized spacial score (nSPS) is 15.2. The molecule has 11 heterocycles. The first-order valence-corrected chi connectivity index (χ1v) is 43.1. The molecule has 4 atom stereocenters. The van der Waals surface area contributed by atoms with Gasteiger partial charge in [-0.1, -0.05) is 154 Å². The second-order valence-corrected chi connectivity index (χ2v) is 30.8. The van der Waals surface area contributed by atoms with E-state index >= 15 is 0 Å². The van der Waals surface area contributed by atoms with E-state index in [-0.39, 0.29) is 88.1 Å². The number of piperidine rings is 4. The monoisotopic (exact) mass is 1880 g/mol. The number of amides is 5. The number of methoxy groups -OCH3 is 1. The minimum Gasteiger partial charge on any atom is -0.494 e. The molecule has 13 aromatic rings. The maximum Gasteiger partial charge on any atom is 0.488 e. The summed E-state index contributed by atoms with van der Waals surface area (Å²) in [6.07, 6.45) is 32.3. The van der Waals surface area contributed by atoms with Gasteiger partial charge in [-0.3, -0.25) is 48.9 Å². The van der Waals surface area contributed by atoms with Gasteiger partial charge in [0, 0.05) is 139 Å². The molecule has 0 aliphatic carbocycles. The zero-order valence-electron chi connectivity index (χ0n) is 71.9. The second kappa shape index (κ2) is 54.7. The standard InChI is InChI=1S/C19H19BrN4O2.C19H22N4O3.C19H20N4O2.C14H17NO4.C13H12BFO4.C5H7N3.C5H3N3.2CH4/c20-17-16-11-21-8-10-24(16)18(22-17)15-7-4-9-23(12-15)19(25)26-13-14-5-2-1-3-6-14;24-18(22-12-17-11-20-8-9-21-17)16-7-4-10-23(13-16)19(25)26-14-15-5-2-1-3-6-15;24-19(25-14-15-5-2-1-3-6-15)22-9-4-7-16(13-22)18-21-12-17-11-20-8-10-23(17)18;16-13(17)12-7-4-8-15(9-12)14(18)19-10-11-5-2-1-3-6-11;1-18-11-3-2-4-12(13(11)15)19-10-7-5-9(6-8-10)14(16)17;2*6-3-5-4-7-1-2-8-5;;/h1-3,5-6,8,10-11,15H,4,7,9,12-13H2;1-3,5-6,8-9,11,16H,4,7,10,12-14H2,(H,22,24);1-3,5-6,8,10-12,16H,4,7,9,13-14H2;1-3,5-6,12H,4,7-10H2,(H,16,17);2-8,16-17H,1H3;1-2,4H,3,6H2;1-2,4H;2*1H4/t15-;2*16-;12-;;;;;/m1111...../s1. The van der Waals surface area contributed by atoms with Crippen LogP contribution in [0.15, 0.2) is 268 Å². The number of carboxylic acids is 1. The second-order valence-electron chi connectivity index (χ2n) is 30.1. The number of hydrogen-bond donors (Lipinski definition) is 5. The molecule has 4 aliphatic rings. The van der Waals surface area contributed by atoms with E-state index in [1.807, 2.05) is 150 Å². The third kappa shape index (κ3) is 32.4. The third-order valence-electron chi connectivity index (χ3n) is 20.9. The SMILES string of the molecule is C.C.COc1cccc(Oc2ccc(B(O)O)cc2)c1F.N#Cc1cnccn1.NCc1cnccn1.O=C(NCc1cnccn1)[C@@H]1CCCN(C(=O)OCc2ccccc2)C1.O=C(O)[C@@H]1CCCN(C(=O)OCc2ccccc2)C1.O=C(OCc1ccccc1)N1CCC[C@@H](c2nc(Br)c3cnccn23)C1.O=C(OCc1ccccc1)N1CCC[C@@H](c2ncc3cnccn23)C1. The minimum atomic E-state index is -1.54. The number of fused-ring (bicyclic) bond motifs is 2. The number of carbonyl (C=O) groups excluding carboxylic acids is 5. The number of nitrogens with zero attached hydrogens (tertiary/aromatic N) is 17. The average molecular weight is 1880 g/mol. The van der Waals surface area contributed by atoms with Crippen LogP contribution in [-0.2, 0) is 68.1 Å². The Kier molecular flexibility index (Phi) is 41.9. The van der Waals surface area contributed by atoms with Crippen molar-refractivity contribution in [2.75, 3.05) is 59.5 Å². The first-order chi connectivity index (χ1) is 63.9. The molecule has 4 fully saturated rings. The number of nitriles is 1. The smallest absolute Gasteiger partial charge is 0.488 e. The summed E-state index contributed by atoms with van der Waals surface area (Å²) in [5.41, 5.74) is 13.2. The van der Waals surface area contributed by atoms with Gasteiger partial charge in [0.1, 0.15) is 54.5 Å². The molecule has 5 amide bonds. The number of rotatable bonds is 19. The van der Waals surface area contributed by atoms with Crippen molar-refractivity contribution in [2.24, 2.45) is 17.6 Å². The van der Waals surface area contributed by atoms with E-state index in [2.05, 4.69) is 75.5 Å². The summed E-state index contributed by atoms with van der Waals surface area (Å²) >= 11 is 3.50. The summed E-state index contributed by atoms with van der Waals surface area (Å²) in [5, 5.41) is 37.9. The molecule has 4 saturated heterocycles. The van der Waals surface area contributed by atoms with Crippen molar-refractivity contribution in [3.63, 3.8) is 0 Å². The zero-order valence-corrected chi connectivity index (χ0v) is 73.5. The predicted molar refractivity (Wildman–Crippen MR) is 497 cm³/mol. The lowest BCUT2D eigenvalue weighted by Gasteiger charge is -2.31. The Balaban J connectivity index is 0.000000179. The van der Waals surface area contributed by atoms with Gasteiger partial charge in [0.2, 0.25) is 11.7 Å². The lowest BCUT2D eigenvalue weighted by molar-refractivity contribution is -0.143. The molecule has 0 bridgehead atoms. The summed E-state index contributed by atoms with van der Waals surface area (Å²) in [6, 6.07) is 50.9. The van der Waals surface area contributed by atoms with E-state index < -0.39 is 30.9 Å². The Morgan fingerprint density at radius 2 is 0.947 bits per heavy atom. The lowest BCUT2D eigenvalue weighted by atomic mass is 9.80. The molecule has 0 unspecified atom stereocenters. The molecule has 6 aromatic carbocycles. The van der Waals surface area contributed by atoms with Crippen molar-refractivity contribution in [2.45, 2.75) is 118 Å². The number of hydrogen-bond acceptors (Lipinski definition) is 26. The van der Waals surface area contributed by atoms with Crippen LogP contribution in [0.4, 0.5) is 23.6 Å². The van der Waals surface area contributed by atoms with Crippen LogP contribution >= 0.6 is 15.9 Å². The summed E-state index contributed by atoms with van der Waals surface area (Å²) in [5.74, 6) is 0.633. The van der Waals surface area contributed by atoms with Crippen LogP contribution in [0.5, 0.6) is 17.2 Å². The highest BCUT2D eigenvalue weighted by Crippen LogP contribution is 2.33. The molecule has 17 rings (SSSR count). The summed E-state index contributed by atoms with van der Waals surface area (Å²) < 4.78 is 50.4. The van der Waals surface area contributed by atoms with Crippen molar-refractivity contribution < 1.29 is 76.7 Å². The van der Waals surface area contributed by atoms with E-state index in [9.17, 15) is 33.2 Å². The number of carboxylic acid groups (broad SMARTS) is 1. The van der Waals surface area contributed by atoms with Gasteiger partial charge in [-0.05, 0) is 119 Å². The van der Waals surface area contributed by atoms with Crippen LogP contribution < -0.4 is 26.0 Å². The van der Waals surface area contributed by atoms with Crippen LogP contribution in [0.1, 0.15) is 129 Å². The molecule has 34 nitrogen and oxygen atoms in total. The van der Waals surface area contributed by atoms with E-state index in [1.165, 1.54) is 67.0 Å². The maximum absolute atomic E-state index is 13.8. The van der Waals surface area contributed by atoms with Gasteiger partial charge in [0.05, 0.1) is 78.9 Å². The quantitative estimate of drug-likeness (QED) is 0.0371. The number of ether oxygens (including phenoxy) is 6. The Hall–Kier alpha value is -14.7. The first-order valence-electron chi connectivity index (χ1n) is 42.3. The molecular formula is C96H108BBrFN19O15. The number of nitrogens with two attached hydrogens (primary N) is 1. The molecule has 7 aromatic heterocycles. The number of aromatic nitrogens is 12. The molecule has 37 heteroatoms. The highest BCUT2D eigenvalue weighted by atomic mass is 79.9. The summed E-state index contributed by atoms with van der Waals surface area (Å²) in [6.45, 7) is 6.34. The number of aliphatic carboxylic acids is 1. The van der Waals surface area contributed by atoms with Crippen LogP contribution in [0.2, 0.25) is 0 Å². The van der Waals surface area contributed by atoms with E-state index in [0.717, 1.165) is 107 Å². The van der Waals surface area contributed by atoms with E-state index in [0.29, 0.717) is 94.5 Å². The van der Waals surface area contributed by atoms with Crippen LogP contribution in [0.25, 0.3) is 11.0 Å². The van der Waals surface area contributed by atoms with Gasteiger partial charge >= 0.3 is 37.5 Å². The van der Waals surface area contributed by atoms with Crippen molar-refractivity contribution >= 4 is 75.8 Å². The van der Waals surface area contributed by atoms with Crippen LogP contribution in [0, 0.1) is 29.0 Å². The number of benzene rings is 6. The molecule has 4 aliphatic heterocycles. The fourth-order valence-corrected chi connectivity index (χ4v) is 14.6. The van der Waals surface area contributed by atoms with Gasteiger partial charge in [0.15, 0.2) is 17.2 Å². The molecular weight excluding hydrogens is 1770 g/mol. The van der Waals surface area contributed by atoms with Crippen molar-refractivity contribution in [1.29, 1.82) is 5.26 Å². The first kappa shape index (κ1) is 102. The van der Waals surface area contributed by atoms with Crippen LogP contribution in [0.3, 0.4) is 0 Å². The van der Waals surface area contributed by atoms with Gasteiger partial charge < -0.3 is 78.6 Å². The van der Waals surface area contributed by atoms with Gasteiger partial charge in [0.25, 0.3) is 0 Å². The highest BCUT2D eigenvalue weighted by molar-refractivity contribution is 9.10. The summed E-state index contributed by atoms with van der Waals surface area (Å²) in [7, 11) is -0.165. The number of imidazole rings is 2. The molecule has 6 N–H and O–H groups in total. The summed E-state index contributed by atoms with van der Waals surface area (Å²) in [4.78, 5) is 120. The molecule has 133 heavy (non-hydrogen) atoms. The Morgan fingerprint density at radius 1 is 0.504 bits per heavy atom. The number of nitrogens with one attached hydrogen (secondary N) is 1. The number of carbonyl (C=O) groups is 6. The molecule has 0 saturated carbocycles. The fourth-order valence-electron chi connectivity index (χ4n) is 14.1. The molecule has 0 spiro atoms. The minimum absolute atomic E-state index is 0. The topological polar surface area (TPSA) is 431 Å². The van der Waals surface area contributed by atoms with E-state index in [4.69, 9.17) is 54.6 Å². The molecule has 0 radical (unpaired) electrons. The molecule has 694 valence electrons. The lowest BCUT2D eigenvalue weighted by Crippen LogP contribution is -2.45. The number of halogens is 2. The predicted octanol–water partition coefficient (Wildman–Crippen LogP) is 14.4. The Labute approximate surface area is 779 Å². The van der Waals surface area contributed by atoms with Gasteiger partial charge in [-0.15, -0.1) is 0 Å². The zero-order chi connectivity index (χ0) is 92.3. The maximum atomic E-state index is 13.8. The average Bonchev–Trinajstić information content (AvgIpc) is 1.64. The van der Waals surface area contributed by atoms with Gasteiger partial charge in [-0.25, -0.2) is 34.1 Å². The van der Waals surface area contributed by atoms with Gasteiger partial charge in [-0.2, -0.15) is 9.65 Å². The van der Waals surface area contributed by atoms with Crippen molar-refractivity contribution in [3.05, 3.63) is 324 Å². The van der Waals surface area contributed by atoms with E-state index in [1.54, 1.807) is 82.7 Å². The Morgan fingerprint density at radius 3 is 1.40 bits per heavy atom. The third-order valence-corrected chi connectivity index (χ3v) is 21.5. The fraction of sp³-hybridized carbons (Fsp3) is 0.302. The van der Waals surface area contributed by atoms with Crippen molar-refractivity contribution in [3.8, 4) is 23.3 Å². The largest absolute Gasteiger partial charge is 0.494 e. The van der Waals surface area contributed by atoms with Crippen LogP contribution in [-0.4, -0.2) is 196 Å². The Bertz CT molecular complexity index is 5690. The van der Waals surface area contributed by atoms with Crippen molar-refractivity contribution in [1.82, 2.24) is 83.6 Å².